The smallest absolute Gasteiger partial charge is 0.404 e. The van der Waals surface area contributed by atoms with E-state index in [2.05, 4.69) is 10.1 Å². The van der Waals surface area contributed by atoms with Crippen LogP contribution in [0.3, 0.4) is 0 Å². The van der Waals surface area contributed by atoms with Crippen molar-refractivity contribution in [3.8, 4) is 0 Å². The zero-order valence-corrected chi connectivity index (χ0v) is 9.04. The number of hydrogen-bond donors (Lipinski definition) is 2. The summed E-state index contributed by atoms with van der Waals surface area (Å²) in [6.07, 6.45) is 4.37. The van der Waals surface area contributed by atoms with Crippen molar-refractivity contribution in [1.29, 1.82) is 0 Å². The average molecular weight is 216 g/mol. The van der Waals surface area contributed by atoms with Crippen molar-refractivity contribution >= 4 is 6.09 Å². The van der Waals surface area contributed by atoms with Gasteiger partial charge in [0.05, 0.1) is 6.10 Å². The molecule has 0 radical (unpaired) electrons. The molecule has 0 aliphatic carbocycles. The first kappa shape index (κ1) is 12.3. The lowest BCUT2D eigenvalue weighted by atomic mass is 10.1. The average Bonchev–Trinajstić information content (AvgIpc) is 2.68. The van der Waals surface area contributed by atoms with Gasteiger partial charge in [-0.25, -0.2) is 4.79 Å². The predicted molar refractivity (Wildman–Crippen MR) is 56.6 cm³/mol. The van der Waals surface area contributed by atoms with E-state index in [4.69, 9.17) is 10.5 Å². The lowest BCUT2D eigenvalue weighted by Crippen LogP contribution is -2.24. The fourth-order valence-corrected chi connectivity index (χ4v) is 1.68. The Morgan fingerprint density at radius 3 is 3.07 bits per heavy atom. The van der Waals surface area contributed by atoms with Crippen molar-refractivity contribution in [3.63, 3.8) is 0 Å². The number of carbonyl (C=O) groups excluding carboxylic acids is 1. The van der Waals surface area contributed by atoms with Crippen LogP contribution in [0.15, 0.2) is 0 Å². The third kappa shape index (κ3) is 6.30. The molecule has 1 saturated heterocycles. The van der Waals surface area contributed by atoms with E-state index in [-0.39, 0.29) is 0 Å². The molecule has 0 spiro atoms. The van der Waals surface area contributed by atoms with E-state index in [0.29, 0.717) is 19.3 Å². The molecule has 0 aromatic carbocycles. The fraction of sp³-hybridized carbons (Fsp3) is 0.900. The van der Waals surface area contributed by atoms with Crippen LogP contribution in [0.1, 0.15) is 25.7 Å². The van der Waals surface area contributed by atoms with E-state index in [1.807, 2.05) is 0 Å². The molecule has 15 heavy (non-hydrogen) atoms. The Kier molecular flexibility index (Phi) is 6.11. The quantitative estimate of drug-likeness (QED) is 0.612. The minimum atomic E-state index is -0.712. The third-order valence-corrected chi connectivity index (χ3v) is 2.43. The van der Waals surface area contributed by atoms with Crippen molar-refractivity contribution < 1.29 is 14.3 Å². The van der Waals surface area contributed by atoms with E-state index >= 15 is 0 Å². The number of primary amides is 1. The summed E-state index contributed by atoms with van der Waals surface area (Å²) in [4.78, 5) is 10.2. The first-order chi connectivity index (χ1) is 7.29. The number of hydrogen-bond acceptors (Lipinski definition) is 4. The molecule has 1 atom stereocenters. The van der Waals surface area contributed by atoms with E-state index in [1.165, 1.54) is 12.8 Å². The number of nitrogens with two attached hydrogens (primary N) is 1. The number of nitrogens with one attached hydrogen (secondary N) is 1. The second-order valence-electron chi connectivity index (χ2n) is 3.69. The van der Waals surface area contributed by atoms with Crippen LogP contribution in [-0.2, 0) is 9.47 Å². The predicted octanol–water partition coefficient (Wildman–Crippen LogP) is 0.630. The van der Waals surface area contributed by atoms with Crippen molar-refractivity contribution in [2.24, 2.45) is 5.73 Å². The van der Waals surface area contributed by atoms with Gasteiger partial charge in [0.25, 0.3) is 0 Å². The van der Waals surface area contributed by atoms with Crippen molar-refractivity contribution in [1.82, 2.24) is 5.32 Å². The van der Waals surface area contributed by atoms with Gasteiger partial charge in [-0.15, -0.1) is 0 Å². The van der Waals surface area contributed by atoms with Crippen LogP contribution in [0, 0.1) is 0 Å². The number of ether oxygens (including phenoxy) is 2. The lowest BCUT2D eigenvalue weighted by Gasteiger charge is -2.09. The first-order valence-corrected chi connectivity index (χ1v) is 5.53. The second kappa shape index (κ2) is 7.48. The summed E-state index contributed by atoms with van der Waals surface area (Å²) in [5.74, 6) is 0. The standard InChI is InChI=1S/C10H20N2O3/c11-10(13)15-8-6-12-5-1-3-9-4-2-7-14-9/h9,12H,1-8H2,(H2,11,13). The zero-order chi connectivity index (χ0) is 10.9. The van der Waals surface area contributed by atoms with Gasteiger partial charge >= 0.3 is 6.09 Å². The monoisotopic (exact) mass is 216 g/mol. The maximum atomic E-state index is 10.2. The van der Waals surface area contributed by atoms with Crippen LogP contribution in [-0.4, -0.2) is 38.5 Å². The fourth-order valence-electron chi connectivity index (χ4n) is 1.68. The zero-order valence-electron chi connectivity index (χ0n) is 9.04. The van der Waals surface area contributed by atoms with Crippen LogP contribution in [0.4, 0.5) is 4.79 Å². The van der Waals surface area contributed by atoms with Crippen LogP contribution in [0.5, 0.6) is 0 Å². The summed E-state index contributed by atoms with van der Waals surface area (Å²) in [6.45, 7) is 2.86. The highest BCUT2D eigenvalue weighted by atomic mass is 16.5. The van der Waals surface area contributed by atoms with Gasteiger partial charge in [-0.3, -0.25) is 0 Å². The highest BCUT2D eigenvalue weighted by Gasteiger charge is 2.14. The summed E-state index contributed by atoms with van der Waals surface area (Å²) in [6, 6.07) is 0. The van der Waals surface area contributed by atoms with Crippen molar-refractivity contribution in [2.75, 3.05) is 26.3 Å². The molecule has 1 aliphatic heterocycles. The van der Waals surface area contributed by atoms with Crippen molar-refractivity contribution in [2.45, 2.75) is 31.8 Å². The van der Waals surface area contributed by atoms with Gasteiger partial charge in [-0.1, -0.05) is 0 Å². The Labute approximate surface area is 90.3 Å². The molecular weight excluding hydrogens is 196 g/mol. The van der Waals surface area contributed by atoms with Gasteiger partial charge in [-0.05, 0) is 32.2 Å². The molecule has 0 saturated carbocycles. The highest BCUT2D eigenvalue weighted by molar-refractivity contribution is 5.64. The maximum absolute atomic E-state index is 10.2. The van der Waals surface area contributed by atoms with Crippen LogP contribution < -0.4 is 11.1 Å². The lowest BCUT2D eigenvalue weighted by molar-refractivity contribution is 0.102. The van der Waals surface area contributed by atoms with E-state index in [9.17, 15) is 4.79 Å². The molecule has 0 aromatic rings. The van der Waals surface area contributed by atoms with E-state index in [1.54, 1.807) is 0 Å². The van der Waals surface area contributed by atoms with E-state index in [0.717, 1.165) is 26.0 Å². The molecule has 5 heteroatoms. The highest BCUT2D eigenvalue weighted by Crippen LogP contribution is 2.16. The molecule has 0 aromatic heterocycles. The van der Waals surface area contributed by atoms with Crippen molar-refractivity contribution in [3.05, 3.63) is 0 Å². The normalized spacial score (nSPS) is 20.4. The van der Waals surface area contributed by atoms with Crippen LogP contribution >= 0.6 is 0 Å². The number of carbonyl (C=O) groups is 1. The van der Waals surface area contributed by atoms with Crippen LogP contribution in [0.25, 0.3) is 0 Å². The Bertz CT molecular complexity index is 182. The summed E-state index contributed by atoms with van der Waals surface area (Å²) in [5, 5.41) is 3.18. The van der Waals surface area contributed by atoms with Gasteiger partial charge in [0.15, 0.2) is 0 Å². The molecular formula is C10H20N2O3. The summed E-state index contributed by atoms with van der Waals surface area (Å²) in [7, 11) is 0. The summed E-state index contributed by atoms with van der Waals surface area (Å²) in [5.41, 5.74) is 4.81. The molecule has 88 valence electrons. The molecule has 0 bridgehead atoms. The molecule has 1 unspecified atom stereocenters. The molecule has 1 aliphatic rings. The molecule has 1 fully saturated rings. The van der Waals surface area contributed by atoms with Gasteiger partial charge in [0.1, 0.15) is 6.61 Å². The number of amides is 1. The van der Waals surface area contributed by atoms with Gasteiger partial charge in [-0.2, -0.15) is 0 Å². The summed E-state index contributed by atoms with van der Waals surface area (Å²) >= 11 is 0. The van der Waals surface area contributed by atoms with Crippen LogP contribution in [0.2, 0.25) is 0 Å². The Morgan fingerprint density at radius 1 is 1.53 bits per heavy atom. The van der Waals surface area contributed by atoms with Gasteiger partial charge in [0.2, 0.25) is 0 Å². The number of rotatable bonds is 7. The third-order valence-electron chi connectivity index (χ3n) is 2.43. The molecule has 1 amide bonds. The SMILES string of the molecule is NC(=O)OCCNCCCC1CCCO1. The molecule has 3 N–H and O–H groups in total. The largest absolute Gasteiger partial charge is 0.448 e. The Morgan fingerprint density at radius 2 is 2.40 bits per heavy atom. The minimum Gasteiger partial charge on any atom is -0.448 e. The maximum Gasteiger partial charge on any atom is 0.404 e. The second-order valence-corrected chi connectivity index (χ2v) is 3.69. The summed E-state index contributed by atoms with van der Waals surface area (Å²) < 4.78 is 10.1. The van der Waals surface area contributed by atoms with Gasteiger partial charge in [0, 0.05) is 13.2 Å². The molecule has 1 heterocycles. The Hall–Kier alpha value is -0.810. The van der Waals surface area contributed by atoms with E-state index < -0.39 is 6.09 Å². The van der Waals surface area contributed by atoms with Gasteiger partial charge < -0.3 is 20.5 Å². The molecule has 1 rings (SSSR count). The topological polar surface area (TPSA) is 73.6 Å². The minimum absolute atomic E-state index is 0.343. The molecule has 5 nitrogen and oxygen atoms in total. The Balaban J connectivity index is 1.78. The first-order valence-electron chi connectivity index (χ1n) is 5.53.